The molecule has 3 aromatic rings. The van der Waals surface area contributed by atoms with Gasteiger partial charge in [-0.25, -0.2) is 4.79 Å². The summed E-state index contributed by atoms with van der Waals surface area (Å²) in [7, 11) is 0. The van der Waals surface area contributed by atoms with Gasteiger partial charge in [0.2, 0.25) is 0 Å². The van der Waals surface area contributed by atoms with Gasteiger partial charge in [-0.1, -0.05) is 24.3 Å². The Labute approximate surface area is 168 Å². The van der Waals surface area contributed by atoms with E-state index in [1.165, 1.54) is 16.0 Å². The predicted octanol–water partition coefficient (Wildman–Crippen LogP) is 5.89. The maximum absolute atomic E-state index is 12.0. The lowest BCUT2D eigenvalue weighted by Crippen LogP contribution is -2.05. The minimum atomic E-state index is -0.284. The van der Waals surface area contributed by atoms with Crippen LogP contribution in [0.3, 0.4) is 0 Å². The molecule has 4 heteroatoms. The Kier molecular flexibility index (Phi) is 4.53. The monoisotopic (exact) mass is 390 g/mol. The zero-order valence-corrected chi connectivity index (χ0v) is 16.6. The number of allylic oxidation sites excluding steroid dienone is 1. The van der Waals surface area contributed by atoms with E-state index in [9.17, 15) is 4.79 Å². The van der Waals surface area contributed by atoms with E-state index in [-0.39, 0.29) is 5.63 Å². The van der Waals surface area contributed by atoms with Crippen LogP contribution in [0.5, 0.6) is 0 Å². The second-order valence-electron chi connectivity index (χ2n) is 7.39. The molecule has 1 fully saturated rings. The summed E-state index contributed by atoms with van der Waals surface area (Å²) in [4.78, 5) is 14.4. The average Bonchev–Trinajstić information content (AvgIpc) is 3.31. The molecular weight excluding hydrogens is 368 g/mol. The largest absolute Gasteiger partial charge is 0.423 e. The smallest absolute Gasteiger partial charge is 0.336 e. The van der Waals surface area contributed by atoms with Gasteiger partial charge in [0, 0.05) is 39.5 Å². The number of hydrogen-bond acceptors (Lipinski definition) is 4. The van der Waals surface area contributed by atoms with E-state index in [0.717, 1.165) is 41.9 Å². The van der Waals surface area contributed by atoms with Gasteiger partial charge in [-0.2, -0.15) is 0 Å². The minimum absolute atomic E-state index is 0.284. The molecule has 2 heterocycles. The maximum Gasteiger partial charge on any atom is 0.336 e. The van der Waals surface area contributed by atoms with E-state index >= 15 is 0 Å². The summed E-state index contributed by atoms with van der Waals surface area (Å²) >= 11 is 1.74. The molecule has 2 aromatic heterocycles. The zero-order chi connectivity index (χ0) is 19.1. The van der Waals surface area contributed by atoms with Gasteiger partial charge < -0.3 is 9.15 Å². The van der Waals surface area contributed by atoms with Crippen LogP contribution in [0, 0.1) is 0 Å². The van der Waals surface area contributed by atoms with Gasteiger partial charge in [-0.05, 0) is 61.6 Å². The molecule has 0 spiro atoms. The molecule has 2 aliphatic carbocycles. The molecule has 2 atom stereocenters. The third-order valence-corrected chi connectivity index (χ3v) is 6.68. The summed E-state index contributed by atoms with van der Waals surface area (Å²) in [5.41, 5.74) is 4.46. The van der Waals surface area contributed by atoms with Gasteiger partial charge in [0.05, 0.1) is 6.10 Å². The molecule has 3 nitrogen and oxygen atoms in total. The van der Waals surface area contributed by atoms with Crippen molar-refractivity contribution >= 4 is 17.4 Å². The van der Waals surface area contributed by atoms with Gasteiger partial charge in [0.25, 0.3) is 0 Å². The van der Waals surface area contributed by atoms with Gasteiger partial charge in [0.1, 0.15) is 5.76 Å². The summed E-state index contributed by atoms with van der Waals surface area (Å²) in [5, 5.41) is 0. The minimum Gasteiger partial charge on any atom is -0.423 e. The fourth-order valence-corrected chi connectivity index (χ4v) is 5.09. The number of hydrogen-bond donors (Lipinski definition) is 0. The van der Waals surface area contributed by atoms with Crippen molar-refractivity contribution in [1.29, 1.82) is 0 Å². The lowest BCUT2D eigenvalue weighted by atomic mass is 9.97. The maximum atomic E-state index is 12.0. The molecule has 0 aliphatic heterocycles. The highest BCUT2D eigenvalue weighted by atomic mass is 32.1. The highest BCUT2D eigenvalue weighted by Gasteiger charge is 2.39. The topological polar surface area (TPSA) is 39.4 Å². The number of ether oxygens (including phenoxy) is 1. The fraction of sp³-hybridized carbons (Fsp3) is 0.292. The molecular formula is C24H22O3S. The first kappa shape index (κ1) is 17.7. The van der Waals surface area contributed by atoms with Crippen LogP contribution in [0.1, 0.15) is 42.6 Å². The molecule has 0 saturated heterocycles. The normalized spacial score (nSPS) is 20.2. The SMILES string of the molecule is CCOC1CC1c1cccc(-c2ccc(-c3cc(=O)oc4c3CCC=C4)s2)c1. The highest BCUT2D eigenvalue weighted by molar-refractivity contribution is 7.18. The van der Waals surface area contributed by atoms with Crippen LogP contribution in [0.4, 0.5) is 0 Å². The average molecular weight is 391 g/mol. The predicted molar refractivity (Wildman–Crippen MR) is 114 cm³/mol. The lowest BCUT2D eigenvalue weighted by molar-refractivity contribution is 0.128. The van der Waals surface area contributed by atoms with E-state index in [2.05, 4.69) is 49.4 Å². The molecule has 0 radical (unpaired) electrons. The molecule has 2 aliphatic rings. The third kappa shape index (κ3) is 3.27. The molecule has 0 amide bonds. The lowest BCUT2D eigenvalue weighted by Gasteiger charge is -2.12. The first-order valence-electron chi connectivity index (χ1n) is 9.88. The van der Waals surface area contributed by atoms with E-state index in [1.807, 2.05) is 6.08 Å². The number of thiophene rings is 1. The molecule has 5 rings (SSSR count). The summed E-state index contributed by atoms with van der Waals surface area (Å²) in [5.74, 6) is 1.23. The van der Waals surface area contributed by atoms with Crippen LogP contribution in [0.25, 0.3) is 27.0 Å². The summed E-state index contributed by atoms with van der Waals surface area (Å²) < 4.78 is 11.1. The van der Waals surface area contributed by atoms with Crippen molar-refractivity contribution in [1.82, 2.24) is 0 Å². The number of benzene rings is 1. The van der Waals surface area contributed by atoms with Crippen LogP contribution < -0.4 is 5.63 Å². The number of fused-ring (bicyclic) bond motifs is 1. The van der Waals surface area contributed by atoms with Crippen molar-refractivity contribution in [2.75, 3.05) is 6.61 Å². The van der Waals surface area contributed by atoms with Crippen LogP contribution >= 0.6 is 11.3 Å². The first-order valence-corrected chi connectivity index (χ1v) is 10.7. The highest BCUT2D eigenvalue weighted by Crippen LogP contribution is 2.45. The van der Waals surface area contributed by atoms with Crippen molar-refractivity contribution in [2.45, 2.75) is 38.2 Å². The van der Waals surface area contributed by atoms with E-state index in [1.54, 1.807) is 17.4 Å². The van der Waals surface area contributed by atoms with E-state index in [0.29, 0.717) is 17.8 Å². The van der Waals surface area contributed by atoms with Crippen molar-refractivity contribution in [3.05, 3.63) is 75.8 Å². The van der Waals surface area contributed by atoms with Crippen molar-refractivity contribution in [3.8, 4) is 20.9 Å². The second-order valence-corrected chi connectivity index (χ2v) is 8.47. The zero-order valence-electron chi connectivity index (χ0n) is 15.8. The van der Waals surface area contributed by atoms with E-state index in [4.69, 9.17) is 9.15 Å². The summed E-state index contributed by atoms with van der Waals surface area (Å²) in [6, 6.07) is 14.7. The number of rotatable bonds is 5. The van der Waals surface area contributed by atoms with Gasteiger partial charge in [-0.3, -0.25) is 0 Å². The van der Waals surface area contributed by atoms with Crippen molar-refractivity contribution in [3.63, 3.8) is 0 Å². The standard InChI is InChI=1S/C24H22O3S/c1-2-26-21-13-18(21)15-6-5-7-16(12-15)22-10-11-23(28-22)19-14-24(25)27-20-9-4-3-8-17(19)20/h4-7,9-12,14,18,21H,2-3,8,13H2,1H3. The van der Waals surface area contributed by atoms with Crippen LogP contribution in [0.2, 0.25) is 0 Å². The summed E-state index contributed by atoms with van der Waals surface area (Å²) in [6.45, 7) is 2.83. The van der Waals surface area contributed by atoms with Crippen molar-refractivity contribution < 1.29 is 9.15 Å². The second kappa shape index (κ2) is 7.19. The Balaban J connectivity index is 1.48. The van der Waals surface area contributed by atoms with Gasteiger partial charge in [-0.15, -0.1) is 11.3 Å². The Morgan fingerprint density at radius 1 is 1.18 bits per heavy atom. The van der Waals surface area contributed by atoms with Crippen LogP contribution in [0.15, 0.2) is 57.8 Å². The Morgan fingerprint density at radius 2 is 2.07 bits per heavy atom. The molecule has 142 valence electrons. The quantitative estimate of drug-likeness (QED) is 0.545. The first-order chi connectivity index (χ1) is 13.7. The Bertz CT molecular complexity index is 1110. The summed E-state index contributed by atoms with van der Waals surface area (Å²) in [6.07, 6.45) is 7.37. The van der Waals surface area contributed by atoms with Crippen LogP contribution in [-0.2, 0) is 11.2 Å². The molecule has 0 N–H and O–H groups in total. The molecule has 2 unspecified atom stereocenters. The van der Waals surface area contributed by atoms with Crippen molar-refractivity contribution in [2.24, 2.45) is 0 Å². The molecule has 1 saturated carbocycles. The van der Waals surface area contributed by atoms with Crippen LogP contribution in [-0.4, -0.2) is 12.7 Å². The van der Waals surface area contributed by atoms with Gasteiger partial charge in [0.15, 0.2) is 0 Å². The molecule has 28 heavy (non-hydrogen) atoms. The Hall–Kier alpha value is -2.43. The molecule has 1 aromatic carbocycles. The van der Waals surface area contributed by atoms with E-state index < -0.39 is 0 Å². The van der Waals surface area contributed by atoms with Gasteiger partial charge >= 0.3 is 5.63 Å². The Morgan fingerprint density at radius 3 is 2.96 bits per heavy atom. The third-order valence-electron chi connectivity index (χ3n) is 5.51. The fourth-order valence-electron chi connectivity index (χ4n) is 4.05. The molecule has 0 bridgehead atoms.